The summed E-state index contributed by atoms with van der Waals surface area (Å²) < 4.78 is 0. The van der Waals surface area contributed by atoms with E-state index in [1.54, 1.807) is 0 Å². The molecule has 0 atom stereocenters. The highest BCUT2D eigenvalue weighted by molar-refractivity contribution is 5.69. The lowest BCUT2D eigenvalue weighted by molar-refractivity contribution is 0.998. The van der Waals surface area contributed by atoms with Gasteiger partial charge in [0.05, 0.1) is 0 Å². The van der Waals surface area contributed by atoms with Gasteiger partial charge in [-0.05, 0) is 30.2 Å². The summed E-state index contributed by atoms with van der Waals surface area (Å²) >= 11 is 0. The minimum atomic E-state index is 1.10. The first-order chi connectivity index (χ1) is 7.45. The van der Waals surface area contributed by atoms with Crippen LogP contribution >= 0.6 is 0 Å². The van der Waals surface area contributed by atoms with Gasteiger partial charge in [0, 0.05) is 17.9 Å². The molecule has 2 aromatic rings. The SMILES string of the molecule is c1ccc(N2CCc3ccccc32)cc1. The van der Waals surface area contributed by atoms with Gasteiger partial charge in [-0.25, -0.2) is 0 Å². The number of rotatable bonds is 1. The molecule has 2 aromatic carbocycles. The minimum Gasteiger partial charge on any atom is -0.341 e. The molecule has 0 spiro atoms. The predicted molar refractivity (Wildman–Crippen MR) is 63.6 cm³/mol. The second-order valence-corrected chi connectivity index (χ2v) is 3.87. The molecule has 0 bridgehead atoms. The van der Waals surface area contributed by atoms with Crippen molar-refractivity contribution in [3.8, 4) is 0 Å². The van der Waals surface area contributed by atoms with Gasteiger partial charge in [0.1, 0.15) is 0 Å². The quantitative estimate of drug-likeness (QED) is 0.674. The number of nitrogens with zero attached hydrogens (tertiary/aromatic N) is 1. The van der Waals surface area contributed by atoms with Gasteiger partial charge in [-0.15, -0.1) is 0 Å². The zero-order chi connectivity index (χ0) is 10.1. The van der Waals surface area contributed by atoms with E-state index in [1.807, 2.05) is 0 Å². The Hall–Kier alpha value is -1.76. The Morgan fingerprint density at radius 2 is 1.53 bits per heavy atom. The van der Waals surface area contributed by atoms with Crippen molar-refractivity contribution in [2.24, 2.45) is 0 Å². The van der Waals surface area contributed by atoms with Crippen LogP contribution in [0, 0.1) is 0 Å². The van der Waals surface area contributed by atoms with E-state index in [0.29, 0.717) is 0 Å². The minimum absolute atomic E-state index is 1.10. The molecule has 0 amide bonds. The van der Waals surface area contributed by atoms with E-state index in [9.17, 15) is 0 Å². The van der Waals surface area contributed by atoms with Gasteiger partial charge >= 0.3 is 0 Å². The first-order valence-corrected chi connectivity index (χ1v) is 5.36. The lowest BCUT2D eigenvalue weighted by Gasteiger charge is -2.19. The zero-order valence-corrected chi connectivity index (χ0v) is 8.56. The fraction of sp³-hybridized carbons (Fsp3) is 0.143. The molecule has 1 heterocycles. The Kier molecular flexibility index (Phi) is 1.95. The van der Waals surface area contributed by atoms with Crippen molar-refractivity contribution in [2.45, 2.75) is 6.42 Å². The fourth-order valence-corrected chi connectivity index (χ4v) is 2.21. The van der Waals surface area contributed by atoms with Crippen molar-refractivity contribution in [1.82, 2.24) is 0 Å². The molecule has 15 heavy (non-hydrogen) atoms. The molecule has 0 N–H and O–H groups in total. The molecule has 0 fully saturated rings. The van der Waals surface area contributed by atoms with Crippen LogP contribution in [0.2, 0.25) is 0 Å². The lowest BCUT2D eigenvalue weighted by Crippen LogP contribution is -2.12. The third-order valence-corrected chi connectivity index (χ3v) is 2.96. The standard InChI is InChI=1S/C14H13N/c1-2-7-13(8-3-1)15-11-10-12-6-4-5-9-14(12)15/h1-9H,10-11H2. The van der Waals surface area contributed by atoms with E-state index in [2.05, 4.69) is 59.5 Å². The second-order valence-electron chi connectivity index (χ2n) is 3.87. The van der Waals surface area contributed by atoms with Gasteiger partial charge in [0.15, 0.2) is 0 Å². The van der Waals surface area contributed by atoms with Crippen molar-refractivity contribution >= 4 is 11.4 Å². The summed E-state index contributed by atoms with van der Waals surface area (Å²) in [6.07, 6.45) is 1.16. The van der Waals surface area contributed by atoms with E-state index >= 15 is 0 Å². The Balaban J connectivity index is 2.05. The summed E-state index contributed by atoms with van der Waals surface area (Å²) in [4.78, 5) is 2.38. The molecule has 1 heteroatoms. The van der Waals surface area contributed by atoms with Crippen molar-refractivity contribution in [3.05, 3.63) is 60.2 Å². The summed E-state index contributed by atoms with van der Waals surface area (Å²) in [5.74, 6) is 0. The normalized spacial score (nSPS) is 14.0. The Morgan fingerprint density at radius 3 is 2.40 bits per heavy atom. The van der Waals surface area contributed by atoms with Crippen LogP contribution in [0.1, 0.15) is 5.56 Å². The van der Waals surface area contributed by atoms with Crippen LogP contribution in [0.3, 0.4) is 0 Å². The average Bonchev–Trinajstić information content (AvgIpc) is 2.74. The monoisotopic (exact) mass is 195 g/mol. The van der Waals surface area contributed by atoms with Gasteiger partial charge in [0.2, 0.25) is 0 Å². The molecule has 1 nitrogen and oxygen atoms in total. The smallest absolute Gasteiger partial charge is 0.0444 e. The van der Waals surface area contributed by atoms with Crippen LogP contribution in [0.15, 0.2) is 54.6 Å². The molecule has 74 valence electrons. The van der Waals surface area contributed by atoms with Crippen LogP contribution in [-0.4, -0.2) is 6.54 Å². The molecule has 3 rings (SSSR count). The van der Waals surface area contributed by atoms with Crippen molar-refractivity contribution in [1.29, 1.82) is 0 Å². The second kappa shape index (κ2) is 3.43. The summed E-state index contributed by atoms with van der Waals surface area (Å²) in [6.45, 7) is 1.10. The maximum atomic E-state index is 2.38. The highest BCUT2D eigenvalue weighted by Gasteiger charge is 2.18. The molecule has 0 unspecified atom stereocenters. The van der Waals surface area contributed by atoms with Crippen LogP contribution in [0.4, 0.5) is 11.4 Å². The number of benzene rings is 2. The number of hydrogen-bond acceptors (Lipinski definition) is 1. The predicted octanol–water partition coefficient (Wildman–Crippen LogP) is 3.38. The highest BCUT2D eigenvalue weighted by Crippen LogP contribution is 2.33. The van der Waals surface area contributed by atoms with Gasteiger partial charge < -0.3 is 4.90 Å². The molecule has 0 aliphatic carbocycles. The van der Waals surface area contributed by atoms with Crippen molar-refractivity contribution in [2.75, 3.05) is 11.4 Å². The first-order valence-electron chi connectivity index (χ1n) is 5.36. The van der Waals surface area contributed by atoms with E-state index in [1.165, 1.54) is 16.9 Å². The first kappa shape index (κ1) is 8.54. The topological polar surface area (TPSA) is 3.24 Å². The van der Waals surface area contributed by atoms with Gasteiger partial charge in [-0.1, -0.05) is 36.4 Å². The van der Waals surface area contributed by atoms with E-state index in [0.717, 1.165) is 13.0 Å². The lowest BCUT2D eigenvalue weighted by atomic mass is 10.2. The summed E-state index contributed by atoms with van der Waals surface area (Å²) in [5, 5.41) is 0. The molecular weight excluding hydrogens is 182 g/mol. The van der Waals surface area contributed by atoms with Gasteiger partial charge in [-0.2, -0.15) is 0 Å². The molecular formula is C14H13N. The summed E-state index contributed by atoms with van der Waals surface area (Å²) in [7, 11) is 0. The van der Waals surface area contributed by atoms with Crippen LogP contribution in [0.25, 0.3) is 0 Å². The molecule has 1 aliphatic heterocycles. The van der Waals surface area contributed by atoms with Crippen LogP contribution in [0.5, 0.6) is 0 Å². The van der Waals surface area contributed by atoms with Crippen LogP contribution in [-0.2, 0) is 6.42 Å². The Labute approximate surface area is 90.0 Å². The fourth-order valence-electron chi connectivity index (χ4n) is 2.21. The number of fused-ring (bicyclic) bond motifs is 1. The summed E-state index contributed by atoms with van der Waals surface area (Å²) in [6, 6.07) is 19.2. The van der Waals surface area contributed by atoms with E-state index < -0.39 is 0 Å². The molecule has 0 saturated heterocycles. The van der Waals surface area contributed by atoms with E-state index in [-0.39, 0.29) is 0 Å². The third kappa shape index (κ3) is 1.40. The van der Waals surface area contributed by atoms with Crippen molar-refractivity contribution < 1.29 is 0 Å². The zero-order valence-electron chi connectivity index (χ0n) is 8.56. The third-order valence-electron chi connectivity index (χ3n) is 2.96. The molecule has 0 aromatic heterocycles. The largest absolute Gasteiger partial charge is 0.341 e. The Bertz CT molecular complexity index is 462. The van der Waals surface area contributed by atoms with E-state index in [4.69, 9.17) is 0 Å². The average molecular weight is 195 g/mol. The molecule has 0 radical (unpaired) electrons. The molecule has 0 saturated carbocycles. The number of para-hydroxylation sites is 2. The van der Waals surface area contributed by atoms with Gasteiger partial charge in [-0.3, -0.25) is 0 Å². The van der Waals surface area contributed by atoms with Crippen molar-refractivity contribution in [3.63, 3.8) is 0 Å². The highest BCUT2D eigenvalue weighted by atomic mass is 15.2. The maximum Gasteiger partial charge on any atom is 0.0444 e. The van der Waals surface area contributed by atoms with Gasteiger partial charge in [0.25, 0.3) is 0 Å². The summed E-state index contributed by atoms with van der Waals surface area (Å²) in [5.41, 5.74) is 4.12. The number of anilines is 2. The van der Waals surface area contributed by atoms with Crippen LogP contribution < -0.4 is 4.90 Å². The molecule has 1 aliphatic rings. The maximum absolute atomic E-state index is 2.38. The Morgan fingerprint density at radius 1 is 0.800 bits per heavy atom. The number of hydrogen-bond donors (Lipinski definition) is 0.